The molecule has 146 valence electrons. The lowest BCUT2D eigenvalue weighted by Gasteiger charge is -2.36. The van der Waals surface area contributed by atoms with Gasteiger partial charge < -0.3 is 4.90 Å². The summed E-state index contributed by atoms with van der Waals surface area (Å²) in [4.78, 5) is 13.5. The number of benzene rings is 2. The molecule has 2 aromatic rings. The van der Waals surface area contributed by atoms with Gasteiger partial charge in [-0.3, -0.25) is 4.79 Å². The first-order valence-corrected chi connectivity index (χ1v) is 10.3. The Morgan fingerprint density at radius 3 is 2.39 bits per heavy atom. The predicted molar refractivity (Wildman–Crippen MR) is 104 cm³/mol. The summed E-state index contributed by atoms with van der Waals surface area (Å²) in [5.41, 5.74) is 1.52. The van der Waals surface area contributed by atoms with E-state index in [0.29, 0.717) is 29.9 Å². The summed E-state index contributed by atoms with van der Waals surface area (Å²) < 4.78 is 40.2. The maximum absolute atomic E-state index is 13.3. The summed E-state index contributed by atoms with van der Waals surface area (Å²) in [6, 6.07) is 10.3. The van der Waals surface area contributed by atoms with Crippen molar-refractivity contribution >= 4 is 33.1 Å². The van der Waals surface area contributed by atoms with Crippen molar-refractivity contribution in [1.82, 2.24) is 4.31 Å². The van der Waals surface area contributed by atoms with Gasteiger partial charge in [0.2, 0.25) is 10.0 Å². The third-order valence-electron chi connectivity index (χ3n) is 4.63. The molecule has 9 heteroatoms. The summed E-state index contributed by atoms with van der Waals surface area (Å²) >= 11 is 5.71. The molecule has 0 unspecified atom stereocenters. The minimum Gasteiger partial charge on any atom is -0.368 e. The highest BCUT2D eigenvalue weighted by molar-refractivity contribution is 7.89. The van der Waals surface area contributed by atoms with Gasteiger partial charge in [0.05, 0.1) is 21.2 Å². The molecule has 1 heterocycles. The van der Waals surface area contributed by atoms with Gasteiger partial charge in [-0.15, -0.1) is 0 Å². The minimum atomic E-state index is -3.81. The van der Waals surface area contributed by atoms with Gasteiger partial charge in [0, 0.05) is 31.7 Å². The van der Waals surface area contributed by atoms with Gasteiger partial charge >= 0.3 is 0 Å². The molecule has 0 saturated carbocycles. The predicted octanol–water partition coefficient (Wildman–Crippen LogP) is 3.06. The van der Waals surface area contributed by atoms with Crippen molar-refractivity contribution in [1.29, 1.82) is 5.26 Å². The number of carbonyl (C=O) groups is 1. The van der Waals surface area contributed by atoms with Crippen molar-refractivity contribution in [3.8, 4) is 6.07 Å². The Morgan fingerprint density at radius 1 is 1.14 bits per heavy atom. The summed E-state index contributed by atoms with van der Waals surface area (Å²) in [6.45, 7) is 2.52. The number of Topliss-reactive ketones (excluding diaryl/α,β-unsaturated/α-hetero) is 1. The molecule has 0 aromatic heterocycles. The van der Waals surface area contributed by atoms with Crippen molar-refractivity contribution in [2.75, 3.05) is 31.1 Å². The number of piperazine rings is 1. The molecule has 0 atom stereocenters. The Labute approximate surface area is 167 Å². The molecular formula is C19H17ClFN3O3S. The SMILES string of the molecule is CC(=O)c1ccc(C#N)c(N2CCN(S(=O)(=O)c3ccc(F)c(Cl)c3)CC2)c1. The lowest BCUT2D eigenvalue weighted by Crippen LogP contribution is -2.48. The number of nitrogens with zero attached hydrogens (tertiary/aromatic N) is 3. The van der Waals surface area contributed by atoms with Crippen molar-refractivity contribution < 1.29 is 17.6 Å². The second-order valence-corrected chi connectivity index (χ2v) is 8.71. The molecule has 2 aromatic carbocycles. The fourth-order valence-corrected chi connectivity index (χ4v) is 4.76. The molecule has 0 spiro atoms. The Morgan fingerprint density at radius 2 is 1.82 bits per heavy atom. The Hall–Kier alpha value is -2.47. The highest BCUT2D eigenvalue weighted by atomic mass is 35.5. The van der Waals surface area contributed by atoms with Crippen LogP contribution in [0.3, 0.4) is 0 Å². The Balaban J connectivity index is 1.81. The first-order chi connectivity index (χ1) is 13.2. The summed E-state index contributed by atoms with van der Waals surface area (Å²) in [5.74, 6) is -0.792. The summed E-state index contributed by atoms with van der Waals surface area (Å²) in [5, 5.41) is 9.10. The van der Waals surface area contributed by atoms with Gasteiger partial charge in [-0.2, -0.15) is 9.57 Å². The fraction of sp³-hybridized carbons (Fsp3) is 0.263. The van der Waals surface area contributed by atoms with Crippen LogP contribution in [0.2, 0.25) is 5.02 Å². The van der Waals surface area contributed by atoms with E-state index in [-0.39, 0.29) is 28.8 Å². The van der Waals surface area contributed by atoms with Crippen molar-refractivity contribution in [2.45, 2.75) is 11.8 Å². The zero-order valence-corrected chi connectivity index (χ0v) is 16.6. The highest BCUT2D eigenvalue weighted by Crippen LogP contribution is 2.27. The van der Waals surface area contributed by atoms with E-state index in [0.717, 1.165) is 12.1 Å². The highest BCUT2D eigenvalue weighted by Gasteiger charge is 2.30. The lowest BCUT2D eigenvalue weighted by atomic mass is 10.1. The number of carbonyl (C=O) groups excluding carboxylic acids is 1. The largest absolute Gasteiger partial charge is 0.368 e. The second-order valence-electron chi connectivity index (χ2n) is 6.37. The van der Waals surface area contributed by atoms with E-state index in [9.17, 15) is 22.9 Å². The van der Waals surface area contributed by atoms with Crippen LogP contribution in [0.5, 0.6) is 0 Å². The van der Waals surface area contributed by atoms with Crippen molar-refractivity contribution in [3.63, 3.8) is 0 Å². The van der Waals surface area contributed by atoms with E-state index in [1.807, 2.05) is 4.90 Å². The van der Waals surface area contributed by atoms with Crippen LogP contribution in [0.25, 0.3) is 0 Å². The molecule has 1 saturated heterocycles. The maximum Gasteiger partial charge on any atom is 0.243 e. The summed E-state index contributed by atoms with van der Waals surface area (Å²) in [7, 11) is -3.81. The van der Waals surface area contributed by atoms with Crippen LogP contribution in [-0.4, -0.2) is 44.7 Å². The van der Waals surface area contributed by atoms with Crippen molar-refractivity contribution in [2.24, 2.45) is 0 Å². The number of nitriles is 1. The molecular weight excluding hydrogens is 405 g/mol. The minimum absolute atomic E-state index is 0.0661. The standard InChI is InChI=1S/C19H17ClFN3O3S/c1-13(25)14-2-3-15(12-22)19(10-14)23-6-8-24(9-7-23)28(26,27)16-4-5-18(21)17(20)11-16/h2-5,10-11H,6-9H2,1H3. The number of ketones is 1. The fourth-order valence-electron chi connectivity index (χ4n) is 3.06. The first-order valence-electron chi connectivity index (χ1n) is 8.49. The summed E-state index contributed by atoms with van der Waals surface area (Å²) in [6.07, 6.45) is 0. The molecule has 6 nitrogen and oxygen atoms in total. The van der Waals surface area contributed by atoms with Crippen LogP contribution in [0.4, 0.5) is 10.1 Å². The van der Waals surface area contributed by atoms with Gasteiger partial charge in [-0.1, -0.05) is 11.6 Å². The lowest BCUT2D eigenvalue weighted by molar-refractivity contribution is 0.101. The number of hydrogen-bond donors (Lipinski definition) is 0. The number of halogens is 2. The molecule has 0 bridgehead atoms. The monoisotopic (exact) mass is 421 g/mol. The quantitative estimate of drug-likeness (QED) is 0.708. The van der Waals surface area contributed by atoms with Gasteiger partial charge in [-0.05, 0) is 43.3 Å². The van der Waals surface area contributed by atoms with E-state index in [1.165, 1.54) is 17.3 Å². The Kier molecular flexibility index (Phi) is 5.70. The smallest absolute Gasteiger partial charge is 0.243 e. The number of sulfonamides is 1. The van der Waals surface area contributed by atoms with Gasteiger partial charge in [-0.25, -0.2) is 12.8 Å². The molecule has 1 aliphatic rings. The van der Waals surface area contributed by atoms with E-state index >= 15 is 0 Å². The average Bonchev–Trinajstić information content (AvgIpc) is 2.69. The Bertz CT molecular complexity index is 1070. The van der Waals surface area contributed by atoms with Crippen LogP contribution >= 0.6 is 11.6 Å². The van der Waals surface area contributed by atoms with Gasteiger partial charge in [0.1, 0.15) is 11.9 Å². The topological polar surface area (TPSA) is 81.5 Å². The van der Waals surface area contributed by atoms with E-state index in [1.54, 1.807) is 18.2 Å². The normalized spacial score (nSPS) is 15.3. The maximum atomic E-state index is 13.3. The molecule has 0 amide bonds. The number of anilines is 1. The van der Waals surface area contributed by atoms with Gasteiger partial charge in [0.25, 0.3) is 0 Å². The molecule has 0 radical (unpaired) electrons. The zero-order valence-electron chi connectivity index (χ0n) is 15.0. The van der Waals surface area contributed by atoms with Gasteiger partial charge in [0.15, 0.2) is 5.78 Å². The molecule has 0 N–H and O–H groups in total. The van der Waals surface area contributed by atoms with E-state index in [4.69, 9.17) is 11.6 Å². The third kappa shape index (κ3) is 3.87. The first kappa shape index (κ1) is 20.3. The second kappa shape index (κ2) is 7.87. The van der Waals surface area contributed by atoms with E-state index < -0.39 is 15.8 Å². The molecule has 28 heavy (non-hydrogen) atoms. The molecule has 0 aliphatic carbocycles. The number of hydrogen-bond acceptors (Lipinski definition) is 5. The number of rotatable bonds is 4. The van der Waals surface area contributed by atoms with Crippen LogP contribution in [0.15, 0.2) is 41.3 Å². The van der Waals surface area contributed by atoms with Crippen molar-refractivity contribution in [3.05, 3.63) is 58.4 Å². The zero-order chi connectivity index (χ0) is 20.5. The molecule has 3 rings (SSSR count). The van der Waals surface area contributed by atoms with Crippen LogP contribution < -0.4 is 4.90 Å². The molecule has 1 aliphatic heterocycles. The van der Waals surface area contributed by atoms with Crippen LogP contribution in [-0.2, 0) is 10.0 Å². The van der Waals surface area contributed by atoms with E-state index in [2.05, 4.69) is 6.07 Å². The average molecular weight is 422 g/mol. The van der Waals surface area contributed by atoms with Crippen LogP contribution in [0.1, 0.15) is 22.8 Å². The van der Waals surface area contributed by atoms with Crippen LogP contribution in [0, 0.1) is 17.1 Å². The third-order valence-corrected chi connectivity index (χ3v) is 6.82. The molecule has 1 fully saturated rings.